The predicted molar refractivity (Wildman–Crippen MR) is 85.8 cm³/mol. The van der Waals surface area contributed by atoms with Crippen molar-refractivity contribution >= 4 is 21.4 Å². The van der Waals surface area contributed by atoms with E-state index >= 15 is 0 Å². The number of rotatable bonds is 4. The Bertz CT molecular complexity index is 595. The number of nitrogens with zero attached hydrogens (tertiary/aromatic N) is 2. The van der Waals surface area contributed by atoms with Gasteiger partial charge in [-0.05, 0) is 31.5 Å². The van der Waals surface area contributed by atoms with Crippen molar-refractivity contribution in [3.8, 4) is 0 Å². The Morgan fingerprint density at radius 1 is 1.24 bits per heavy atom. The Balaban J connectivity index is 2.11. The van der Waals surface area contributed by atoms with Crippen molar-refractivity contribution in [2.75, 3.05) is 36.8 Å². The summed E-state index contributed by atoms with van der Waals surface area (Å²) in [6, 6.07) is 5.29. The summed E-state index contributed by atoms with van der Waals surface area (Å²) in [6.07, 6.45) is 1.14. The zero-order chi connectivity index (χ0) is 15.6. The van der Waals surface area contributed by atoms with Crippen LogP contribution >= 0.6 is 0 Å². The Morgan fingerprint density at radius 2 is 1.86 bits per heavy atom. The molecular weight excluding hydrogens is 288 g/mol. The minimum absolute atomic E-state index is 0.0574. The van der Waals surface area contributed by atoms with Gasteiger partial charge in [0.05, 0.1) is 16.3 Å². The molecule has 0 spiro atoms. The van der Waals surface area contributed by atoms with Gasteiger partial charge in [-0.1, -0.05) is 6.92 Å². The Morgan fingerprint density at radius 3 is 2.33 bits per heavy atom. The maximum Gasteiger partial charge on any atom is 0.238 e. The summed E-state index contributed by atoms with van der Waals surface area (Å²) in [5.41, 5.74) is 7.33. The summed E-state index contributed by atoms with van der Waals surface area (Å²) in [6.45, 7) is 8.20. The highest BCUT2D eigenvalue weighted by molar-refractivity contribution is 7.89. The minimum atomic E-state index is -3.70. The molecule has 21 heavy (non-hydrogen) atoms. The molecule has 6 nitrogen and oxygen atoms in total. The van der Waals surface area contributed by atoms with E-state index in [0.717, 1.165) is 38.3 Å². The molecule has 1 fully saturated rings. The van der Waals surface area contributed by atoms with Crippen LogP contribution in [0.15, 0.2) is 23.1 Å². The van der Waals surface area contributed by atoms with Crippen LogP contribution in [0.3, 0.4) is 0 Å². The van der Waals surface area contributed by atoms with E-state index < -0.39 is 10.0 Å². The van der Waals surface area contributed by atoms with Crippen molar-refractivity contribution in [1.29, 1.82) is 0 Å². The Hall–Kier alpha value is -1.31. The number of hydrogen-bond acceptors (Lipinski definition) is 5. The first-order valence-corrected chi connectivity index (χ1v) is 8.79. The largest absolute Gasteiger partial charge is 0.397 e. The first-order chi connectivity index (χ1) is 9.82. The minimum Gasteiger partial charge on any atom is -0.397 e. The van der Waals surface area contributed by atoms with Gasteiger partial charge in [0.2, 0.25) is 10.0 Å². The molecule has 0 bridgehead atoms. The normalized spacial score (nSPS) is 18.7. The van der Waals surface area contributed by atoms with E-state index in [2.05, 4.69) is 23.6 Å². The fourth-order valence-electron chi connectivity index (χ4n) is 2.66. The van der Waals surface area contributed by atoms with Crippen molar-refractivity contribution in [3.63, 3.8) is 0 Å². The summed E-state index contributed by atoms with van der Waals surface area (Å²) in [4.78, 5) is 4.72. The predicted octanol–water partition coefficient (Wildman–Crippen LogP) is 0.837. The van der Waals surface area contributed by atoms with Gasteiger partial charge in [-0.2, -0.15) is 0 Å². The second kappa shape index (κ2) is 6.21. The van der Waals surface area contributed by atoms with E-state index in [1.165, 1.54) is 12.1 Å². The third kappa shape index (κ3) is 3.66. The van der Waals surface area contributed by atoms with Crippen LogP contribution in [0.1, 0.15) is 20.3 Å². The van der Waals surface area contributed by atoms with Gasteiger partial charge in [0, 0.05) is 32.2 Å². The second-order valence-corrected chi connectivity index (χ2v) is 7.11. The summed E-state index contributed by atoms with van der Waals surface area (Å²) in [7, 11) is -3.70. The highest BCUT2D eigenvalue weighted by atomic mass is 32.2. The first kappa shape index (κ1) is 16.1. The molecule has 118 valence electrons. The SMILES string of the molecule is CCC(C)N1CCN(c2ccc(S(N)(=O)=O)cc2N)CC1. The van der Waals surface area contributed by atoms with Crippen LogP contribution in [0.4, 0.5) is 11.4 Å². The molecule has 1 aliphatic rings. The van der Waals surface area contributed by atoms with Gasteiger partial charge in [0.1, 0.15) is 0 Å². The number of sulfonamides is 1. The van der Waals surface area contributed by atoms with Gasteiger partial charge in [-0.25, -0.2) is 13.6 Å². The van der Waals surface area contributed by atoms with Crippen molar-refractivity contribution in [2.24, 2.45) is 5.14 Å². The van der Waals surface area contributed by atoms with Crippen molar-refractivity contribution < 1.29 is 8.42 Å². The second-order valence-electron chi connectivity index (χ2n) is 5.55. The van der Waals surface area contributed by atoms with Gasteiger partial charge >= 0.3 is 0 Å². The topological polar surface area (TPSA) is 92.7 Å². The fraction of sp³-hybridized carbons (Fsp3) is 0.571. The Kier molecular flexibility index (Phi) is 4.75. The molecule has 1 aromatic rings. The molecule has 1 saturated heterocycles. The zero-order valence-electron chi connectivity index (χ0n) is 12.6. The average molecular weight is 312 g/mol. The van der Waals surface area contributed by atoms with E-state index in [1.807, 2.05) is 0 Å². The number of hydrogen-bond donors (Lipinski definition) is 2. The molecule has 1 unspecified atom stereocenters. The highest BCUT2D eigenvalue weighted by Crippen LogP contribution is 2.27. The molecule has 0 aromatic heterocycles. The van der Waals surface area contributed by atoms with Gasteiger partial charge in [-0.15, -0.1) is 0 Å². The van der Waals surface area contributed by atoms with Crippen molar-refractivity contribution in [2.45, 2.75) is 31.2 Å². The summed E-state index contributed by atoms with van der Waals surface area (Å²) in [5.74, 6) is 0. The molecular formula is C14H24N4O2S. The molecule has 1 aliphatic heterocycles. The highest BCUT2D eigenvalue weighted by Gasteiger charge is 2.22. The lowest BCUT2D eigenvalue weighted by Gasteiger charge is -2.39. The maximum absolute atomic E-state index is 11.3. The number of anilines is 2. The molecule has 0 amide bonds. The number of nitrogen functional groups attached to an aromatic ring is 1. The van der Waals surface area contributed by atoms with Crippen LogP contribution in [0.25, 0.3) is 0 Å². The van der Waals surface area contributed by atoms with Crippen LogP contribution in [-0.2, 0) is 10.0 Å². The van der Waals surface area contributed by atoms with E-state index in [-0.39, 0.29) is 4.90 Å². The smallest absolute Gasteiger partial charge is 0.238 e. The van der Waals surface area contributed by atoms with Gasteiger partial charge in [0.25, 0.3) is 0 Å². The van der Waals surface area contributed by atoms with E-state index in [4.69, 9.17) is 10.9 Å². The molecule has 0 saturated carbocycles. The zero-order valence-corrected chi connectivity index (χ0v) is 13.4. The molecule has 0 aliphatic carbocycles. The van der Waals surface area contributed by atoms with Crippen LogP contribution < -0.4 is 15.8 Å². The molecule has 1 aromatic carbocycles. The summed E-state index contributed by atoms with van der Waals surface area (Å²) < 4.78 is 22.7. The fourth-order valence-corrected chi connectivity index (χ4v) is 3.21. The van der Waals surface area contributed by atoms with Crippen LogP contribution in [0.2, 0.25) is 0 Å². The van der Waals surface area contributed by atoms with Gasteiger partial charge in [-0.3, -0.25) is 4.90 Å². The molecule has 2 rings (SSSR count). The van der Waals surface area contributed by atoms with Gasteiger partial charge < -0.3 is 10.6 Å². The quantitative estimate of drug-likeness (QED) is 0.804. The molecule has 0 radical (unpaired) electrons. The third-order valence-electron chi connectivity index (χ3n) is 4.20. The molecule has 1 heterocycles. The number of benzene rings is 1. The monoisotopic (exact) mass is 312 g/mol. The molecule has 7 heteroatoms. The lowest BCUT2D eigenvalue weighted by Crippen LogP contribution is -2.49. The first-order valence-electron chi connectivity index (χ1n) is 7.24. The third-order valence-corrected chi connectivity index (χ3v) is 5.11. The standard InChI is InChI=1S/C14H24N4O2S/c1-3-11(2)17-6-8-18(9-7-17)14-5-4-12(10-13(14)15)21(16,19)20/h4-5,10-11H,3,6-9,15H2,1-2H3,(H2,16,19,20). The lowest BCUT2D eigenvalue weighted by atomic mass is 10.1. The van der Waals surface area contributed by atoms with Crippen LogP contribution in [0.5, 0.6) is 0 Å². The molecule has 4 N–H and O–H groups in total. The maximum atomic E-state index is 11.3. The van der Waals surface area contributed by atoms with Gasteiger partial charge in [0.15, 0.2) is 0 Å². The average Bonchev–Trinajstić information content (AvgIpc) is 2.45. The van der Waals surface area contributed by atoms with E-state index in [0.29, 0.717) is 11.7 Å². The number of primary sulfonamides is 1. The molecule has 1 atom stereocenters. The van der Waals surface area contributed by atoms with Crippen molar-refractivity contribution in [1.82, 2.24) is 4.90 Å². The van der Waals surface area contributed by atoms with E-state index in [1.54, 1.807) is 6.07 Å². The van der Waals surface area contributed by atoms with E-state index in [9.17, 15) is 8.42 Å². The lowest BCUT2D eigenvalue weighted by molar-refractivity contribution is 0.193. The number of nitrogens with two attached hydrogens (primary N) is 2. The Labute approximate surface area is 126 Å². The summed E-state index contributed by atoms with van der Waals surface area (Å²) >= 11 is 0. The van der Waals surface area contributed by atoms with Crippen LogP contribution in [-0.4, -0.2) is 45.5 Å². The van der Waals surface area contributed by atoms with Crippen molar-refractivity contribution in [3.05, 3.63) is 18.2 Å². The summed E-state index contributed by atoms with van der Waals surface area (Å²) in [5, 5.41) is 5.12. The number of piperazine rings is 1. The van der Waals surface area contributed by atoms with Crippen LogP contribution in [0, 0.1) is 0 Å².